The van der Waals surface area contributed by atoms with Crippen molar-refractivity contribution in [3.63, 3.8) is 0 Å². The molecule has 2 saturated heterocycles. The van der Waals surface area contributed by atoms with Crippen LogP contribution < -0.4 is 15.1 Å². The third-order valence-corrected chi connectivity index (χ3v) is 8.91. The average molecular weight is 519 g/mol. The van der Waals surface area contributed by atoms with Crippen LogP contribution in [0.4, 0.5) is 16.0 Å². The first-order chi connectivity index (χ1) is 18.5. The first-order valence-corrected chi connectivity index (χ1v) is 14.0. The number of anilines is 2. The molecule has 3 aromatic heterocycles. The van der Waals surface area contributed by atoms with Crippen LogP contribution in [0.5, 0.6) is 0 Å². The van der Waals surface area contributed by atoms with Gasteiger partial charge >= 0.3 is 0 Å². The predicted octanol–water partition coefficient (Wildman–Crippen LogP) is 3.19. The van der Waals surface area contributed by atoms with Crippen molar-refractivity contribution in [2.75, 3.05) is 42.5 Å². The van der Waals surface area contributed by atoms with E-state index in [-0.39, 0.29) is 11.5 Å². The fourth-order valence-electron chi connectivity index (χ4n) is 6.78. The molecule has 3 aromatic rings. The molecule has 0 aromatic carbocycles. The minimum absolute atomic E-state index is 0.116. The smallest absolute Gasteiger partial charge is 0.151 e. The summed E-state index contributed by atoms with van der Waals surface area (Å²) in [7, 11) is 0. The summed E-state index contributed by atoms with van der Waals surface area (Å²) < 4.78 is 15.6. The standard InChI is InChI=1S/C27H35FN10/c1-19(38-14-23(33-35-38)22-11-29-12-25(31-22)36-8-2-3-9-36)21-6-7-24(34-32-21)37-10-4-5-20(13-37)30-18-26-15-27(28,16-26)17-26/h6-7,11-12,14,19-20,30H,2-5,8-10,13,15-18H2,1H3. The summed E-state index contributed by atoms with van der Waals surface area (Å²) in [4.78, 5) is 13.7. The maximum Gasteiger partial charge on any atom is 0.151 e. The highest BCUT2D eigenvalue weighted by molar-refractivity contribution is 5.54. The number of nitrogens with zero attached hydrogens (tertiary/aromatic N) is 9. The number of halogens is 1. The van der Waals surface area contributed by atoms with E-state index in [1.165, 1.54) is 12.8 Å². The number of alkyl halides is 1. The van der Waals surface area contributed by atoms with Gasteiger partial charge in [0.1, 0.15) is 22.9 Å². The monoisotopic (exact) mass is 518 g/mol. The predicted molar refractivity (Wildman–Crippen MR) is 142 cm³/mol. The zero-order chi connectivity index (χ0) is 25.7. The Labute approximate surface area is 222 Å². The molecule has 200 valence electrons. The Bertz CT molecular complexity index is 1270. The SMILES string of the molecule is CC(c1ccc(N2CCCC(NCC34CC(F)(C3)C4)C2)nn1)n1cc(-c2cncc(N3CCCC3)n2)nn1. The number of hydrogen-bond acceptors (Lipinski definition) is 9. The van der Waals surface area contributed by atoms with Crippen LogP contribution in [0.1, 0.15) is 63.6 Å². The number of aromatic nitrogens is 7. The van der Waals surface area contributed by atoms with Gasteiger partial charge in [0.05, 0.1) is 30.3 Å². The third kappa shape index (κ3) is 4.40. The molecule has 2 aliphatic heterocycles. The second-order valence-electron chi connectivity index (χ2n) is 11.9. The Morgan fingerprint density at radius 3 is 2.55 bits per heavy atom. The van der Waals surface area contributed by atoms with E-state index in [1.807, 2.05) is 25.4 Å². The van der Waals surface area contributed by atoms with Crippen LogP contribution in [-0.4, -0.2) is 79.6 Å². The molecule has 11 heteroatoms. The van der Waals surface area contributed by atoms with Gasteiger partial charge in [0.2, 0.25) is 0 Å². The molecule has 8 rings (SSSR count). The van der Waals surface area contributed by atoms with Gasteiger partial charge < -0.3 is 15.1 Å². The minimum atomic E-state index is -0.824. The van der Waals surface area contributed by atoms with E-state index in [2.05, 4.69) is 46.7 Å². The van der Waals surface area contributed by atoms with E-state index in [9.17, 15) is 4.39 Å². The van der Waals surface area contributed by atoms with E-state index in [0.717, 1.165) is 87.9 Å². The lowest BCUT2D eigenvalue weighted by Gasteiger charge is -2.66. The first-order valence-electron chi connectivity index (χ1n) is 14.0. The van der Waals surface area contributed by atoms with Gasteiger partial charge in [-0.3, -0.25) is 4.98 Å². The molecular formula is C27H35FN10. The Kier molecular flexibility index (Phi) is 5.79. The number of hydrogen-bond donors (Lipinski definition) is 1. The van der Waals surface area contributed by atoms with Crippen LogP contribution in [0.3, 0.4) is 0 Å². The maximum absolute atomic E-state index is 13.8. The third-order valence-electron chi connectivity index (χ3n) is 8.91. The molecule has 2 atom stereocenters. The van der Waals surface area contributed by atoms with Crippen LogP contribution in [0.15, 0.2) is 30.7 Å². The zero-order valence-electron chi connectivity index (χ0n) is 21.9. The average Bonchev–Trinajstić information content (AvgIpc) is 3.63. The van der Waals surface area contributed by atoms with Crippen molar-refractivity contribution in [1.82, 2.24) is 40.5 Å². The molecule has 2 unspecified atom stereocenters. The molecule has 5 aliphatic rings. The summed E-state index contributed by atoms with van der Waals surface area (Å²) in [5.41, 5.74) is 1.66. The Morgan fingerprint density at radius 1 is 0.974 bits per heavy atom. The van der Waals surface area contributed by atoms with Crippen LogP contribution in [0, 0.1) is 5.41 Å². The molecule has 3 saturated carbocycles. The van der Waals surface area contributed by atoms with Crippen molar-refractivity contribution in [3.8, 4) is 11.4 Å². The molecule has 10 nitrogen and oxygen atoms in total. The quantitative estimate of drug-likeness (QED) is 0.482. The van der Waals surface area contributed by atoms with Crippen LogP contribution in [0.2, 0.25) is 0 Å². The van der Waals surface area contributed by atoms with E-state index in [0.29, 0.717) is 11.7 Å². The second kappa shape index (κ2) is 9.21. The summed E-state index contributed by atoms with van der Waals surface area (Å²) in [6, 6.07) is 4.38. The lowest BCUT2D eigenvalue weighted by molar-refractivity contribution is -0.210. The van der Waals surface area contributed by atoms with Crippen molar-refractivity contribution < 1.29 is 4.39 Å². The van der Waals surface area contributed by atoms with E-state index in [1.54, 1.807) is 10.9 Å². The van der Waals surface area contributed by atoms with Crippen molar-refractivity contribution >= 4 is 11.6 Å². The largest absolute Gasteiger partial charge is 0.355 e. The number of nitrogens with one attached hydrogen (secondary N) is 1. The fraction of sp³-hybridized carbons (Fsp3) is 0.630. The van der Waals surface area contributed by atoms with Gasteiger partial charge in [-0.2, -0.15) is 5.10 Å². The lowest BCUT2D eigenvalue weighted by Crippen LogP contribution is -2.68. The van der Waals surface area contributed by atoms with Gasteiger partial charge in [-0.25, -0.2) is 14.1 Å². The second-order valence-corrected chi connectivity index (χ2v) is 11.9. The van der Waals surface area contributed by atoms with Crippen molar-refractivity contribution in [3.05, 3.63) is 36.4 Å². The van der Waals surface area contributed by atoms with Gasteiger partial charge in [0.15, 0.2) is 5.82 Å². The van der Waals surface area contributed by atoms with Crippen molar-refractivity contribution in [2.45, 2.75) is 69.6 Å². The van der Waals surface area contributed by atoms with Gasteiger partial charge in [0, 0.05) is 38.8 Å². The van der Waals surface area contributed by atoms with E-state index >= 15 is 0 Å². The molecule has 0 radical (unpaired) electrons. The highest BCUT2D eigenvalue weighted by Crippen LogP contribution is 2.69. The normalized spacial score (nSPS) is 29.2. The minimum Gasteiger partial charge on any atom is -0.355 e. The van der Waals surface area contributed by atoms with Gasteiger partial charge in [-0.15, -0.1) is 10.2 Å². The highest BCUT2D eigenvalue weighted by atomic mass is 19.1. The fourth-order valence-corrected chi connectivity index (χ4v) is 6.78. The van der Waals surface area contributed by atoms with Crippen molar-refractivity contribution in [1.29, 1.82) is 0 Å². The summed E-state index contributed by atoms with van der Waals surface area (Å²) in [6.45, 7) is 6.91. The molecule has 0 amide bonds. The molecular weight excluding hydrogens is 483 g/mol. The maximum atomic E-state index is 13.8. The van der Waals surface area contributed by atoms with Crippen LogP contribution in [-0.2, 0) is 0 Å². The van der Waals surface area contributed by atoms with Crippen LogP contribution in [0.25, 0.3) is 11.4 Å². The van der Waals surface area contributed by atoms with Crippen molar-refractivity contribution in [2.24, 2.45) is 5.41 Å². The molecule has 1 N–H and O–H groups in total. The van der Waals surface area contributed by atoms with Gasteiger partial charge in [0.25, 0.3) is 0 Å². The molecule has 2 bridgehead atoms. The molecule has 5 fully saturated rings. The first kappa shape index (κ1) is 23.9. The molecule has 0 spiro atoms. The topological polar surface area (TPSA) is 101 Å². The van der Waals surface area contributed by atoms with E-state index in [4.69, 9.17) is 4.98 Å². The summed E-state index contributed by atoms with van der Waals surface area (Å²) in [6.07, 6.45) is 12.3. The van der Waals surface area contributed by atoms with E-state index < -0.39 is 5.67 Å². The summed E-state index contributed by atoms with van der Waals surface area (Å²) >= 11 is 0. The van der Waals surface area contributed by atoms with Gasteiger partial charge in [-0.05, 0) is 69.4 Å². The Balaban J connectivity index is 0.980. The zero-order valence-corrected chi connectivity index (χ0v) is 21.9. The molecule has 5 heterocycles. The van der Waals surface area contributed by atoms with Crippen LogP contribution >= 0.6 is 0 Å². The Hall–Kier alpha value is -3.21. The molecule has 3 aliphatic carbocycles. The number of piperidine rings is 1. The lowest BCUT2D eigenvalue weighted by atomic mass is 9.42. The summed E-state index contributed by atoms with van der Waals surface area (Å²) in [5, 5.41) is 21.5. The summed E-state index contributed by atoms with van der Waals surface area (Å²) in [5.74, 6) is 1.79. The van der Waals surface area contributed by atoms with Gasteiger partial charge in [-0.1, -0.05) is 5.21 Å². The Morgan fingerprint density at radius 2 is 1.79 bits per heavy atom. The molecule has 38 heavy (non-hydrogen) atoms. The highest BCUT2D eigenvalue weighted by Gasteiger charge is 2.68. The number of rotatable bonds is 8.